The van der Waals surface area contributed by atoms with Crippen LogP contribution < -0.4 is 10.6 Å². The van der Waals surface area contributed by atoms with Gasteiger partial charge in [-0.05, 0) is 20.8 Å². The van der Waals surface area contributed by atoms with Gasteiger partial charge in [-0.3, -0.25) is 0 Å². The van der Waals surface area contributed by atoms with Crippen LogP contribution in [0.3, 0.4) is 0 Å². The second-order valence-electron chi connectivity index (χ2n) is 4.76. The third-order valence-electron chi connectivity index (χ3n) is 2.80. The first-order chi connectivity index (χ1) is 8.39. The van der Waals surface area contributed by atoms with Crippen molar-refractivity contribution in [3.8, 4) is 0 Å². The van der Waals surface area contributed by atoms with Crippen molar-refractivity contribution in [2.45, 2.75) is 39.0 Å². The molecule has 0 radical (unpaired) electrons. The fraction of sp³-hybridized carbons (Fsp3) is 0.667. The summed E-state index contributed by atoms with van der Waals surface area (Å²) in [5.74, 6) is 1.96. The largest absolute Gasteiger partial charge is 0.391 e. The van der Waals surface area contributed by atoms with E-state index in [0.717, 1.165) is 0 Å². The third kappa shape index (κ3) is 3.82. The molecule has 0 saturated heterocycles. The molecule has 1 rings (SSSR count). The van der Waals surface area contributed by atoms with E-state index in [1.54, 1.807) is 27.1 Å². The molecule has 6 nitrogen and oxygen atoms in total. The van der Waals surface area contributed by atoms with Gasteiger partial charge in [0.05, 0.1) is 11.6 Å². The predicted molar refractivity (Wildman–Crippen MR) is 71.7 cm³/mol. The molecule has 1 heterocycles. The number of aliphatic hydroxyl groups excluding tert-OH is 1. The average molecular weight is 254 g/mol. The number of nitrogens with one attached hydrogen (secondary N) is 2. The summed E-state index contributed by atoms with van der Waals surface area (Å²) in [6.07, 6.45) is -0.503. The van der Waals surface area contributed by atoms with Gasteiger partial charge in [0.15, 0.2) is 5.82 Å². The summed E-state index contributed by atoms with van der Waals surface area (Å²) < 4.78 is 5.03. The van der Waals surface area contributed by atoms with Gasteiger partial charge in [-0.2, -0.15) is 0 Å². The van der Waals surface area contributed by atoms with Gasteiger partial charge < -0.3 is 20.5 Å². The van der Waals surface area contributed by atoms with E-state index in [9.17, 15) is 5.11 Å². The summed E-state index contributed by atoms with van der Waals surface area (Å²) in [7, 11) is 3.39. The molecule has 0 fully saturated rings. The number of ether oxygens (including phenoxy) is 1. The fourth-order valence-corrected chi connectivity index (χ4v) is 1.32. The Morgan fingerprint density at radius 2 is 2.00 bits per heavy atom. The first-order valence-corrected chi connectivity index (χ1v) is 5.90. The Hall–Kier alpha value is -1.40. The highest BCUT2D eigenvalue weighted by Crippen LogP contribution is 2.19. The van der Waals surface area contributed by atoms with Gasteiger partial charge in [0.25, 0.3) is 0 Å². The molecule has 1 atom stereocenters. The minimum atomic E-state index is -0.503. The normalized spacial score (nSPS) is 13.2. The number of nitrogens with zero attached hydrogens (tertiary/aromatic N) is 2. The van der Waals surface area contributed by atoms with Crippen molar-refractivity contribution >= 4 is 11.6 Å². The maximum absolute atomic E-state index is 9.69. The van der Waals surface area contributed by atoms with E-state index in [1.807, 2.05) is 13.8 Å². The smallest absolute Gasteiger partial charge is 0.158 e. The minimum absolute atomic E-state index is 0.347. The zero-order valence-electron chi connectivity index (χ0n) is 11.6. The molecule has 1 unspecified atom stereocenters. The van der Waals surface area contributed by atoms with Crippen LogP contribution in [0.2, 0.25) is 0 Å². The summed E-state index contributed by atoms with van der Waals surface area (Å²) in [5.41, 5.74) is -0.469. The van der Waals surface area contributed by atoms with Crippen LogP contribution in [0.25, 0.3) is 0 Å². The Kier molecular flexibility index (Phi) is 4.86. The van der Waals surface area contributed by atoms with E-state index in [2.05, 4.69) is 20.6 Å². The summed E-state index contributed by atoms with van der Waals surface area (Å²) in [5, 5.41) is 15.9. The summed E-state index contributed by atoms with van der Waals surface area (Å²) in [6.45, 7) is 5.91. The first kappa shape index (κ1) is 14.7. The van der Waals surface area contributed by atoms with Gasteiger partial charge in [0, 0.05) is 20.2 Å². The molecule has 1 aromatic rings. The SMILES string of the molecule is CNc1cc(NC(C)(C)C(C)O)nc(COC)n1. The Labute approximate surface area is 108 Å². The van der Waals surface area contributed by atoms with E-state index in [0.29, 0.717) is 24.1 Å². The van der Waals surface area contributed by atoms with Crippen LogP contribution in [0.1, 0.15) is 26.6 Å². The van der Waals surface area contributed by atoms with Crippen molar-refractivity contribution in [2.75, 3.05) is 24.8 Å². The number of aliphatic hydroxyl groups is 1. The Morgan fingerprint density at radius 1 is 1.39 bits per heavy atom. The van der Waals surface area contributed by atoms with Crippen LogP contribution >= 0.6 is 0 Å². The van der Waals surface area contributed by atoms with Gasteiger partial charge in [-0.15, -0.1) is 0 Å². The molecule has 0 saturated carbocycles. The molecule has 0 amide bonds. The lowest BCUT2D eigenvalue weighted by atomic mass is 9.99. The number of rotatable bonds is 6. The zero-order chi connectivity index (χ0) is 13.8. The lowest BCUT2D eigenvalue weighted by Gasteiger charge is -2.30. The van der Waals surface area contributed by atoms with Crippen LogP contribution in [0.15, 0.2) is 6.07 Å². The molecule has 0 spiro atoms. The predicted octanol–water partition coefficient (Wildman–Crippen LogP) is 1.24. The van der Waals surface area contributed by atoms with Crippen molar-refractivity contribution in [3.05, 3.63) is 11.9 Å². The number of aromatic nitrogens is 2. The number of hydrogen-bond acceptors (Lipinski definition) is 6. The first-order valence-electron chi connectivity index (χ1n) is 5.90. The molecule has 3 N–H and O–H groups in total. The quantitative estimate of drug-likeness (QED) is 0.708. The summed E-state index contributed by atoms with van der Waals surface area (Å²) in [4.78, 5) is 8.61. The third-order valence-corrected chi connectivity index (χ3v) is 2.80. The van der Waals surface area contributed by atoms with Crippen LogP contribution in [0.5, 0.6) is 0 Å². The lowest BCUT2D eigenvalue weighted by molar-refractivity contribution is 0.133. The van der Waals surface area contributed by atoms with Crippen LogP contribution in [-0.4, -0.2) is 40.9 Å². The van der Waals surface area contributed by atoms with Crippen LogP contribution in [-0.2, 0) is 11.3 Å². The Balaban J connectivity index is 2.97. The highest BCUT2D eigenvalue weighted by atomic mass is 16.5. The molecule has 6 heteroatoms. The molecular weight excluding hydrogens is 232 g/mol. The highest BCUT2D eigenvalue weighted by molar-refractivity contribution is 5.48. The van der Waals surface area contributed by atoms with E-state index >= 15 is 0 Å². The molecule has 0 aliphatic carbocycles. The second-order valence-corrected chi connectivity index (χ2v) is 4.76. The molecule has 0 aromatic carbocycles. The minimum Gasteiger partial charge on any atom is -0.391 e. The van der Waals surface area contributed by atoms with E-state index < -0.39 is 11.6 Å². The molecular formula is C12H22N4O2. The van der Waals surface area contributed by atoms with Crippen molar-refractivity contribution in [3.63, 3.8) is 0 Å². The summed E-state index contributed by atoms with van der Waals surface area (Å²) >= 11 is 0. The van der Waals surface area contributed by atoms with Gasteiger partial charge in [0.1, 0.15) is 18.2 Å². The standard InChI is InChI=1S/C12H22N4O2/c1-8(17)12(2,3)16-10-6-9(13-4)14-11(15-10)7-18-5/h6,8,17H,7H2,1-5H3,(H2,13,14,15,16). The molecule has 0 aliphatic rings. The number of hydrogen-bond donors (Lipinski definition) is 3. The van der Waals surface area contributed by atoms with Crippen LogP contribution in [0, 0.1) is 0 Å². The van der Waals surface area contributed by atoms with Crippen molar-refractivity contribution < 1.29 is 9.84 Å². The molecule has 1 aromatic heterocycles. The molecule has 0 aliphatic heterocycles. The fourth-order valence-electron chi connectivity index (χ4n) is 1.32. The lowest BCUT2D eigenvalue weighted by Crippen LogP contribution is -2.42. The van der Waals surface area contributed by atoms with Crippen molar-refractivity contribution in [2.24, 2.45) is 0 Å². The topological polar surface area (TPSA) is 79.3 Å². The second kappa shape index (κ2) is 5.97. The van der Waals surface area contributed by atoms with Gasteiger partial charge in [0.2, 0.25) is 0 Å². The molecule has 102 valence electrons. The highest BCUT2D eigenvalue weighted by Gasteiger charge is 2.24. The monoisotopic (exact) mass is 254 g/mol. The maximum atomic E-state index is 9.69. The zero-order valence-corrected chi connectivity index (χ0v) is 11.6. The molecule has 0 bridgehead atoms. The number of methoxy groups -OCH3 is 1. The van der Waals surface area contributed by atoms with Gasteiger partial charge >= 0.3 is 0 Å². The number of anilines is 2. The van der Waals surface area contributed by atoms with Crippen LogP contribution in [0.4, 0.5) is 11.6 Å². The van der Waals surface area contributed by atoms with Gasteiger partial charge in [-0.1, -0.05) is 0 Å². The van der Waals surface area contributed by atoms with Crippen molar-refractivity contribution in [1.29, 1.82) is 0 Å². The van der Waals surface area contributed by atoms with Crippen molar-refractivity contribution in [1.82, 2.24) is 9.97 Å². The van der Waals surface area contributed by atoms with E-state index in [4.69, 9.17) is 4.74 Å². The van der Waals surface area contributed by atoms with E-state index in [-0.39, 0.29) is 0 Å². The van der Waals surface area contributed by atoms with Gasteiger partial charge in [-0.25, -0.2) is 9.97 Å². The van der Waals surface area contributed by atoms with E-state index in [1.165, 1.54) is 0 Å². The summed E-state index contributed by atoms with van der Waals surface area (Å²) in [6, 6.07) is 1.79. The Morgan fingerprint density at radius 3 is 2.50 bits per heavy atom. The average Bonchev–Trinajstić information content (AvgIpc) is 2.28. The maximum Gasteiger partial charge on any atom is 0.158 e. The Bertz CT molecular complexity index is 394. The molecule has 18 heavy (non-hydrogen) atoms.